The molecule has 0 atom stereocenters. The molecule has 0 saturated heterocycles. The van der Waals surface area contributed by atoms with Crippen molar-refractivity contribution < 1.29 is 49.2 Å². The molecule has 12 nitrogen and oxygen atoms in total. The number of anilines is 2. The first kappa shape index (κ1) is 27.3. The van der Waals surface area contributed by atoms with Crippen LogP contribution in [0.25, 0.3) is 0 Å². The lowest BCUT2D eigenvalue weighted by Gasteiger charge is -2.13. The molecule has 0 fully saturated rings. The summed E-state index contributed by atoms with van der Waals surface area (Å²) in [6, 6.07) is 11.1. The third-order valence-electron chi connectivity index (χ3n) is 4.46. The molecule has 2 aliphatic rings. The van der Waals surface area contributed by atoms with Crippen LogP contribution < -0.4 is 9.80 Å². The number of benzene rings is 2. The van der Waals surface area contributed by atoms with Crippen LogP contribution in [0.15, 0.2) is 72.8 Å². The van der Waals surface area contributed by atoms with Gasteiger partial charge in [-0.3, -0.25) is 19.2 Å². The average Bonchev–Trinajstić information content (AvgIpc) is 3.39. The van der Waals surface area contributed by atoms with Gasteiger partial charge in [0.1, 0.15) is 0 Å². The fourth-order valence-electron chi connectivity index (χ4n) is 2.82. The highest BCUT2D eigenvalue weighted by atomic mass is 16.4. The van der Waals surface area contributed by atoms with Crippen molar-refractivity contribution in [2.75, 3.05) is 23.0 Å². The van der Waals surface area contributed by atoms with Crippen LogP contribution in [0.4, 0.5) is 11.4 Å². The van der Waals surface area contributed by atoms with Gasteiger partial charge in [-0.1, -0.05) is 0 Å². The van der Waals surface area contributed by atoms with E-state index in [2.05, 4.69) is 0 Å². The van der Waals surface area contributed by atoms with Crippen LogP contribution in [-0.2, 0) is 19.2 Å². The SMILES string of the molecule is O=C(O)c1ccc(N2C(=O)C=CC2=O)cc1.O=C(O)c1ccc(N2C(=O)C=CC2=O)cc1.OCCO. The Labute approximate surface area is 203 Å². The van der Waals surface area contributed by atoms with Crippen molar-refractivity contribution in [3.63, 3.8) is 0 Å². The fourth-order valence-corrected chi connectivity index (χ4v) is 2.82. The van der Waals surface area contributed by atoms with Gasteiger partial charge in [-0.25, -0.2) is 19.4 Å². The molecule has 4 N–H and O–H groups in total. The Balaban J connectivity index is 0.000000221. The predicted molar refractivity (Wildman–Crippen MR) is 124 cm³/mol. The minimum absolute atomic E-state index is 0.107. The van der Waals surface area contributed by atoms with Crippen molar-refractivity contribution in [3.8, 4) is 0 Å². The fraction of sp³-hybridized carbons (Fsp3) is 0.0833. The van der Waals surface area contributed by atoms with Gasteiger partial charge in [0, 0.05) is 24.3 Å². The number of imide groups is 2. The zero-order valence-electron chi connectivity index (χ0n) is 18.5. The molecule has 2 aliphatic heterocycles. The summed E-state index contributed by atoms with van der Waals surface area (Å²) in [5.41, 5.74) is 0.946. The number of carboxylic acids is 2. The van der Waals surface area contributed by atoms with E-state index in [-0.39, 0.29) is 24.3 Å². The second-order valence-corrected chi connectivity index (χ2v) is 6.84. The van der Waals surface area contributed by atoms with Crippen molar-refractivity contribution in [1.82, 2.24) is 0 Å². The molecule has 0 spiro atoms. The van der Waals surface area contributed by atoms with Crippen LogP contribution in [0, 0.1) is 0 Å². The summed E-state index contributed by atoms with van der Waals surface area (Å²) in [6.45, 7) is -0.250. The number of aliphatic hydroxyl groups excluding tert-OH is 2. The first-order valence-electron chi connectivity index (χ1n) is 10.1. The van der Waals surface area contributed by atoms with Gasteiger partial charge in [0.05, 0.1) is 35.7 Å². The lowest BCUT2D eigenvalue weighted by atomic mass is 10.2. The average molecular weight is 496 g/mol. The maximum atomic E-state index is 11.3. The lowest BCUT2D eigenvalue weighted by molar-refractivity contribution is -0.121. The number of hydrogen-bond acceptors (Lipinski definition) is 8. The Hall–Kier alpha value is -4.94. The molecule has 2 aromatic rings. The van der Waals surface area contributed by atoms with Gasteiger partial charge < -0.3 is 20.4 Å². The van der Waals surface area contributed by atoms with Crippen molar-refractivity contribution in [3.05, 3.63) is 84.0 Å². The van der Waals surface area contributed by atoms with E-state index in [4.69, 9.17) is 20.4 Å². The van der Waals surface area contributed by atoms with E-state index >= 15 is 0 Å². The van der Waals surface area contributed by atoms with Gasteiger partial charge in [-0.15, -0.1) is 0 Å². The van der Waals surface area contributed by atoms with Gasteiger partial charge >= 0.3 is 11.9 Å². The highest BCUT2D eigenvalue weighted by Gasteiger charge is 2.25. The number of hydrogen-bond donors (Lipinski definition) is 4. The number of carbonyl (C=O) groups is 6. The summed E-state index contributed by atoms with van der Waals surface area (Å²) in [5, 5.41) is 32.6. The van der Waals surface area contributed by atoms with E-state index in [9.17, 15) is 28.8 Å². The van der Waals surface area contributed by atoms with Crippen molar-refractivity contribution >= 4 is 46.9 Å². The van der Waals surface area contributed by atoms with Gasteiger partial charge in [-0.2, -0.15) is 0 Å². The van der Waals surface area contributed by atoms with Crippen LogP contribution in [-0.4, -0.2) is 69.2 Å². The molecule has 2 heterocycles. The van der Waals surface area contributed by atoms with Gasteiger partial charge in [0.2, 0.25) is 0 Å². The van der Waals surface area contributed by atoms with E-state index in [0.717, 1.165) is 9.80 Å². The topological polar surface area (TPSA) is 190 Å². The standard InChI is InChI=1S/2C11H7NO4.C2H6O2/c2*13-9-5-6-10(14)12(9)8-3-1-7(2-4-8)11(15)16;3-1-2-4/h2*1-6H,(H,15,16);3-4H,1-2H2. The second-order valence-electron chi connectivity index (χ2n) is 6.84. The molecule has 0 radical (unpaired) electrons. The maximum absolute atomic E-state index is 11.3. The summed E-state index contributed by atoms with van der Waals surface area (Å²) >= 11 is 0. The number of rotatable bonds is 5. The first-order valence-corrected chi connectivity index (χ1v) is 10.1. The summed E-state index contributed by atoms with van der Waals surface area (Å²) in [5.74, 6) is -3.80. The number of carboxylic acid groups (broad SMARTS) is 2. The number of amides is 4. The van der Waals surface area contributed by atoms with Crippen LogP contribution in [0.5, 0.6) is 0 Å². The van der Waals surface area contributed by atoms with Crippen LogP contribution in [0.2, 0.25) is 0 Å². The van der Waals surface area contributed by atoms with Gasteiger partial charge in [0.25, 0.3) is 23.6 Å². The Bertz CT molecular complexity index is 1100. The quantitative estimate of drug-likeness (QED) is 0.426. The van der Waals surface area contributed by atoms with E-state index in [1.165, 1.54) is 72.8 Å². The molecular formula is C24H20N2O10. The van der Waals surface area contributed by atoms with Crippen molar-refractivity contribution in [2.24, 2.45) is 0 Å². The van der Waals surface area contributed by atoms with Gasteiger partial charge in [0.15, 0.2) is 0 Å². The van der Waals surface area contributed by atoms with E-state index in [0.29, 0.717) is 11.4 Å². The summed E-state index contributed by atoms with van der Waals surface area (Å²) < 4.78 is 0. The third kappa shape index (κ3) is 6.79. The molecule has 12 heteroatoms. The highest BCUT2D eigenvalue weighted by Crippen LogP contribution is 2.20. The maximum Gasteiger partial charge on any atom is 0.335 e. The van der Waals surface area contributed by atoms with Crippen molar-refractivity contribution in [2.45, 2.75) is 0 Å². The molecule has 2 aromatic carbocycles. The summed E-state index contributed by atoms with van der Waals surface area (Å²) in [4.78, 5) is 68.4. The monoisotopic (exact) mass is 496 g/mol. The second kappa shape index (κ2) is 12.5. The molecule has 0 aromatic heterocycles. The van der Waals surface area contributed by atoms with E-state index < -0.39 is 35.6 Å². The smallest absolute Gasteiger partial charge is 0.335 e. The Morgan fingerprint density at radius 2 is 0.778 bits per heavy atom. The minimum Gasteiger partial charge on any atom is -0.478 e. The number of nitrogens with zero attached hydrogens (tertiary/aromatic N) is 2. The minimum atomic E-state index is -1.05. The van der Waals surface area contributed by atoms with Crippen LogP contribution >= 0.6 is 0 Å². The molecule has 4 amide bonds. The molecule has 0 aliphatic carbocycles. The number of carbonyl (C=O) groups excluding carboxylic acids is 4. The molecule has 4 rings (SSSR count). The zero-order chi connectivity index (χ0) is 26.8. The van der Waals surface area contributed by atoms with Crippen LogP contribution in [0.3, 0.4) is 0 Å². The normalized spacial score (nSPS) is 13.8. The Morgan fingerprint density at radius 3 is 0.972 bits per heavy atom. The predicted octanol–water partition coefficient (Wildman–Crippen LogP) is 0.599. The number of aliphatic hydroxyl groups is 2. The number of aromatic carboxylic acids is 2. The Morgan fingerprint density at radius 1 is 0.528 bits per heavy atom. The van der Waals surface area contributed by atoms with E-state index in [1.54, 1.807) is 0 Å². The zero-order valence-corrected chi connectivity index (χ0v) is 18.5. The highest BCUT2D eigenvalue weighted by molar-refractivity contribution is 6.28. The molecule has 0 bridgehead atoms. The Kier molecular flexibility index (Phi) is 9.48. The molecule has 186 valence electrons. The molecular weight excluding hydrogens is 476 g/mol. The first-order chi connectivity index (χ1) is 17.1. The van der Waals surface area contributed by atoms with Crippen molar-refractivity contribution in [1.29, 1.82) is 0 Å². The summed E-state index contributed by atoms with van der Waals surface area (Å²) in [7, 11) is 0. The van der Waals surface area contributed by atoms with Crippen LogP contribution in [0.1, 0.15) is 20.7 Å². The largest absolute Gasteiger partial charge is 0.478 e. The lowest BCUT2D eigenvalue weighted by Crippen LogP contribution is -2.29. The van der Waals surface area contributed by atoms with E-state index in [1.807, 2.05) is 0 Å². The summed E-state index contributed by atoms with van der Waals surface area (Å²) in [6.07, 6.45) is 4.70. The molecule has 36 heavy (non-hydrogen) atoms. The van der Waals surface area contributed by atoms with Gasteiger partial charge in [-0.05, 0) is 48.5 Å². The third-order valence-corrected chi connectivity index (χ3v) is 4.46. The molecule has 0 unspecified atom stereocenters. The molecule has 0 saturated carbocycles.